The zero-order valence-electron chi connectivity index (χ0n) is 26.9. The Morgan fingerprint density at radius 1 is 1.18 bits per heavy atom. The van der Waals surface area contributed by atoms with E-state index in [2.05, 4.69) is 64.2 Å². The summed E-state index contributed by atoms with van der Waals surface area (Å²) in [5.41, 5.74) is 4.42. The number of likely N-dealkylation sites (tertiary alicyclic amines) is 1. The van der Waals surface area contributed by atoms with Crippen LogP contribution in [0.1, 0.15) is 83.1 Å². The van der Waals surface area contributed by atoms with Crippen LogP contribution in [0.4, 0.5) is 11.4 Å². The highest BCUT2D eigenvalue weighted by Gasteiger charge is 2.29. The first-order chi connectivity index (χ1) is 21.7. The molecule has 45 heavy (non-hydrogen) atoms. The van der Waals surface area contributed by atoms with E-state index >= 15 is 0 Å². The minimum Gasteiger partial charge on any atom is -0.381 e. The van der Waals surface area contributed by atoms with Crippen molar-refractivity contribution in [2.75, 3.05) is 36.9 Å². The third-order valence-corrected chi connectivity index (χ3v) is 9.04. The van der Waals surface area contributed by atoms with Crippen LogP contribution in [-0.2, 0) is 4.74 Å². The van der Waals surface area contributed by atoms with Crippen LogP contribution in [-0.4, -0.2) is 62.8 Å². The second kappa shape index (κ2) is 14.6. The van der Waals surface area contributed by atoms with Crippen LogP contribution >= 0.6 is 11.6 Å². The van der Waals surface area contributed by atoms with E-state index in [1.807, 2.05) is 54.2 Å². The summed E-state index contributed by atoms with van der Waals surface area (Å²) in [6.07, 6.45) is 16.4. The number of allylic oxidation sites excluding steroid dienone is 3. The minimum absolute atomic E-state index is 0.161. The van der Waals surface area contributed by atoms with Crippen molar-refractivity contribution in [1.29, 1.82) is 5.26 Å². The van der Waals surface area contributed by atoms with Crippen molar-refractivity contribution in [3.05, 3.63) is 77.3 Å². The lowest BCUT2D eigenvalue weighted by molar-refractivity contribution is 0.0866. The molecule has 2 N–H and O–H groups in total. The third-order valence-electron chi connectivity index (χ3n) is 8.75. The van der Waals surface area contributed by atoms with E-state index in [9.17, 15) is 5.26 Å². The van der Waals surface area contributed by atoms with Gasteiger partial charge in [0.05, 0.1) is 40.1 Å². The number of pyridine rings is 1. The standard InChI is InChI=1S/C35H45ClN8O/c1-6-7-8-10-24(2)32(31-23-44(42-41-31)28-12-15-43(16-13-28)35(3,4)5)40-27-19-29-33(39-26-11-9-17-45-18-14-26)25(21-37)22-38-34(29)30(36)20-27/h6-8,10,19-20,22-23,26,28,32,40H,2,9,11-18H2,1,3-5H3,(H,38,39)/b7-6-,10-8-/t26-,32+/m1/s1. The number of fused-ring (bicyclic) bond motifs is 1. The first-order valence-electron chi connectivity index (χ1n) is 16.0. The summed E-state index contributed by atoms with van der Waals surface area (Å²) >= 11 is 6.84. The van der Waals surface area contributed by atoms with E-state index in [1.165, 1.54) is 0 Å². The maximum absolute atomic E-state index is 9.99. The molecule has 0 saturated carbocycles. The van der Waals surface area contributed by atoms with E-state index in [1.54, 1.807) is 6.20 Å². The number of nitriles is 1. The zero-order chi connectivity index (χ0) is 32.0. The van der Waals surface area contributed by atoms with Crippen molar-refractivity contribution in [1.82, 2.24) is 24.9 Å². The summed E-state index contributed by atoms with van der Waals surface area (Å²) in [6.45, 7) is 16.7. The quantitative estimate of drug-likeness (QED) is 0.233. The van der Waals surface area contributed by atoms with Gasteiger partial charge in [-0.25, -0.2) is 4.68 Å². The highest BCUT2D eigenvalue weighted by atomic mass is 35.5. The second-order valence-corrected chi connectivity index (χ2v) is 13.4. The van der Waals surface area contributed by atoms with Crippen molar-refractivity contribution in [3.63, 3.8) is 0 Å². The molecule has 5 rings (SSSR count). The Kier molecular flexibility index (Phi) is 10.6. The predicted octanol–water partition coefficient (Wildman–Crippen LogP) is 7.61. The molecule has 0 aliphatic carbocycles. The number of rotatable bonds is 9. The van der Waals surface area contributed by atoms with Crippen molar-refractivity contribution in [3.8, 4) is 6.07 Å². The van der Waals surface area contributed by atoms with Gasteiger partial charge in [-0.2, -0.15) is 5.26 Å². The highest BCUT2D eigenvalue weighted by Crippen LogP contribution is 2.36. The van der Waals surface area contributed by atoms with Crippen molar-refractivity contribution in [2.24, 2.45) is 0 Å². The van der Waals surface area contributed by atoms with Crippen LogP contribution in [0.25, 0.3) is 10.9 Å². The fraction of sp³-hybridized carbons (Fsp3) is 0.486. The Hall–Kier alpha value is -3.71. The Balaban J connectivity index is 1.46. The van der Waals surface area contributed by atoms with Crippen molar-refractivity contribution >= 4 is 33.9 Å². The van der Waals surface area contributed by atoms with Gasteiger partial charge in [0.25, 0.3) is 0 Å². The summed E-state index contributed by atoms with van der Waals surface area (Å²) in [5.74, 6) is 0. The van der Waals surface area contributed by atoms with Gasteiger partial charge in [0.1, 0.15) is 11.8 Å². The number of hydrogen-bond acceptors (Lipinski definition) is 8. The molecule has 10 heteroatoms. The number of benzene rings is 1. The van der Waals surface area contributed by atoms with Gasteiger partial charge in [-0.1, -0.05) is 47.7 Å². The zero-order valence-corrected chi connectivity index (χ0v) is 27.6. The summed E-state index contributed by atoms with van der Waals surface area (Å²) < 4.78 is 7.68. The molecule has 2 atom stereocenters. The first kappa shape index (κ1) is 32.7. The smallest absolute Gasteiger partial charge is 0.109 e. The number of aromatic nitrogens is 4. The molecule has 4 heterocycles. The van der Waals surface area contributed by atoms with Gasteiger partial charge in [-0.15, -0.1) is 5.10 Å². The Morgan fingerprint density at radius 3 is 2.71 bits per heavy atom. The van der Waals surface area contributed by atoms with Gasteiger partial charge in [-0.05, 0) is 77.5 Å². The number of halogens is 1. The number of piperidine rings is 1. The molecule has 2 fully saturated rings. The minimum atomic E-state index is -0.356. The molecule has 2 aromatic heterocycles. The summed E-state index contributed by atoms with van der Waals surface area (Å²) in [4.78, 5) is 7.08. The van der Waals surface area contributed by atoms with Crippen LogP contribution in [0.5, 0.6) is 0 Å². The number of ether oxygens (including phenoxy) is 1. The monoisotopic (exact) mass is 628 g/mol. The lowest BCUT2D eigenvalue weighted by atomic mass is 9.98. The van der Waals surface area contributed by atoms with Crippen LogP contribution < -0.4 is 10.6 Å². The van der Waals surface area contributed by atoms with Crippen LogP contribution in [0.2, 0.25) is 5.02 Å². The molecule has 0 radical (unpaired) electrons. The first-order valence-corrected chi connectivity index (χ1v) is 16.3. The fourth-order valence-corrected chi connectivity index (χ4v) is 6.42. The Bertz CT molecular complexity index is 1580. The topological polar surface area (TPSA) is 104 Å². The summed E-state index contributed by atoms with van der Waals surface area (Å²) in [5, 5.41) is 27.8. The average molecular weight is 629 g/mol. The normalized spacial score (nSPS) is 19.5. The lowest BCUT2D eigenvalue weighted by Gasteiger charge is -2.40. The molecular weight excluding hydrogens is 584 g/mol. The number of nitrogens with zero attached hydrogens (tertiary/aromatic N) is 6. The Morgan fingerprint density at radius 2 is 1.98 bits per heavy atom. The molecule has 238 valence electrons. The number of nitrogens with one attached hydrogen (secondary N) is 2. The molecule has 1 aromatic carbocycles. The largest absolute Gasteiger partial charge is 0.381 e. The van der Waals surface area contributed by atoms with Gasteiger partial charge in [0.2, 0.25) is 0 Å². The highest BCUT2D eigenvalue weighted by molar-refractivity contribution is 6.35. The lowest BCUT2D eigenvalue weighted by Crippen LogP contribution is -2.46. The van der Waals surface area contributed by atoms with E-state index in [0.29, 0.717) is 28.8 Å². The van der Waals surface area contributed by atoms with E-state index in [4.69, 9.17) is 16.3 Å². The maximum atomic E-state index is 9.99. The molecule has 0 bridgehead atoms. The average Bonchev–Trinajstić information content (AvgIpc) is 3.37. The molecule has 2 saturated heterocycles. The van der Waals surface area contributed by atoms with Gasteiger partial charge < -0.3 is 15.4 Å². The van der Waals surface area contributed by atoms with Gasteiger partial charge >= 0.3 is 0 Å². The van der Waals surface area contributed by atoms with Crippen molar-refractivity contribution < 1.29 is 4.74 Å². The van der Waals surface area contributed by atoms with E-state index in [-0.39, 0.29) is 17.6 Å². The Labute approximate surface area is 272 Å². The SMILES string of the molecule is C=C(/C=C\C=C/C)[C@H](Nc1cc(Cl)c2ncc(C#N)c(N[C@@H]3CCCOCC3)c2c1)c1cn(C2CCN(C(C)(C)C)CC2)nn1. The molecule has 3 aromatic rings. The number of anilines is 2. The van der Waals surface area contributed by atoms with Gasteiger partial charge in [0, 0.05) is 55.2 Å². The fourth-order valence-electron chi connectivity index (χ4n) is 6.15. The van der Waals surface area contributed by atoms with Crippen molar-refractivity contribution in [2.45, 2.75) is 83.5 Å². The molecule has 9 nitrogen and oxygen atoms in total. The van der Waals surface area contributed by atoms with Crippen LogP contribution in [0.3, 0.4) is 0 Å². The molecule has 0 unspecified atom stereocenters. The molecule has 2 aliphatic rings. The van der Waals surface area contributed by atoms with E-state index in [0.717, 1.165) is 79.8 Å². The molecular formula is C35H45ClN8O. The summed E-state index contributed by atoms with van der Waals surface area (Å²) in [6, 6.07) is 6.33. The van der Waals surface area contributed by atoms with Crippen LogP contribution in [0, 0.1) is 11.3 Å². The number of hydrogen-bond donors (Lipinski definition) is 2. The van der Waals surface area contributed by atoms with E-state index < -0.39 is 0 Å². The molecule has 0 amide bonds. The maximum Gasteiger partial charge on any atom is 0.109 e. The van der Waals surface area contributed by atoms with Gasteiger partial charge in [0.15, 0.2) is 0 Å². The second-order valence-electron chi connectivity index (χ2n) is 12.9. The van der Waals surface area contributed by atoms with Gasteiger partial charge in [-0.3, -0.25) is 9.88 Å². The summed E-state index contributed by atoms with van der Waals surface area (Å²) in [7, 11) is 0. The molecule has 0 spiro atoms. The third kappa shape index (κ3) is 7.93. The van der Waals surface area contributed by atoms with Crippen LogP contribution in [0.15, 0.2) is 61.0 Å². The molecule has 2 aliphatic heterocycles. The predicted molar refractivity (Wildman–Crippen MR) is 183 cm³/mol.